The van der Waals surface area contributed by atoms with Crippen LogP contribution in [-0.2, 0) is 4.74 Å². The lowest BCUT2D eigenvalue weighted by Crippen LogP contribution is -2.44. The maximum absolute atomic E-state index is 11.0. The van der Waals surface area contributed by atoms with Gasteiger partial charge in [0.05, 0.1) is 0 Å². The minimum absolute atomic E-state index is 0.121. The number of nitrogens with two attached hydrogens (primary N) is 2. The molecule has 0 spiro atoms. The fraction of sp³-hybridized carbons (Fsp3) is 0.500. The van der Waals surface area contributed by atoms with E-state index in [4.69, 9.17) is 15.9 Å². The van der Waals surface area contributed by atoms with Crippen molar-refractivity contribution in [1.29, 1.82) is 0 Å². The maximum atomic E-state index is 11.0. The molecule has 0 saturated heterocycles. The van der Waals surface area contributed by atoms with Crippen LogP contribution in [0.25, 0.3) is 0 Å². The SMILES string of the molecule is CC(C)(C)OC(=O)N/C=C\C(N)=[NH2+]. The number of hydrogen-bond donors (Lipinski definition) is 3. The van der Waals surface area contributed by atoms with Crippen molar-refractivity contribution < 1.29 is 14.9 Å². The molecule has 13 heavy (non-hydrogen) atoms. The van der Waals surface area contributed by atoms with Crippen LogP contribution in [0.1, 0.15) is 20.8 Å². The lowest BCUT2D eigenvalue weighted by atomic mass is 10.2. The molecule has 0 atom stereocenters. The molecule has 0 bridgehead atoms. The highest BCUT2D eigenvalue weighted by Crippen LogP contribution is 2.05. The van der Waals surface area contributed by atoms with Crippen LogP contribution in [0.3, 0.4) is 0 Å². The van der Waals surface area contributed by atoms with Gasteiger partial charge in [0.2, 0.25) is 0 Å². The summed E-state index contributed by atoms with van der Waals surface area (Å²) < 4.78 is 4.93. The molecule has 0 aromatic rings. The predicted molar refractivity (Wildman–Crippen MR) is 49.6 cm³/mol. The zero-order valence-corrected chi connectivity index (χ0v) is 8.13. The third-order valence-corrected chi connectivity index (χ3v) is 0.876. The Kier molecular flexibility index (Phi) is 3.97. The molecule has 0 saturated carbocycles. The molecule has 0 fully saturated rings. The number of nitrogens with one attached hydrogen (secondary N) is 1. The van der Waals surface area contributed by atoms with E-state index in [0.29, 0.717) is 0 Å². The van der Waals surface area contributed by atoms with Crippen molar-refractivity contribution in [3.63, 3.8) is 0 Å². The normalized spacial score (nSPS) is 11.3. The fourth-order valence-corrected chi connectivity index (χ4v) is 0.513. The van der Waals surface area contributed by atoms with Crippen LogP contribution < -0.4 is 16.5 Å². The molecule has 0 heterocycles. The second-order valence-corrected chi connectivity index (χ2v) is 3.48. The van der Waals surface area contributed by atoms with Gasteiger partial charge in [-0.05, 0) is 20.8 Å². The number of rotatable bonds is 2. The van der Waals surface area contributed by atoms with E-state index in [9.17, 15) is 4.79 Å². The minimum Gasteiger partial charge on any atom is -0.444 e. The van der Waals surface area contributed by atoms with Gasteiger partial charge in [-0.1, -0.05) is 0 Å². The number of alkyl carbamates (subject to hydrolysis) is 1. The third kappa shape index (κ3) is 8.39. The van der Waals surface area contributed by atoms with Crippen LogP contribution in [0, 0.1) is 0 Å². The Morgan fingerprint density at radius 2 is 2.08 bits per heavy atom. The fourth-order valence-electron chi connectivity index (χ4n) is 0.513. The second kappa shape index (κ2) is 4.49. The molecule has 0 rings (SSSR count). The van der Waals surface area contributed by atoms with Crippen molar-refractivity contribution in [2.45, 2.75) is 26.4 Å². The highest BCUT2D eigenvalue weighted by Gasteiger charge is 2.14. The number of amides is 1. The lowest BCUT2D eigenvalue weighted by Gasteiger charge is -2.18. The Balaban J connectivity index is 3.83. The Labute approximate surface area is 77.5 Å². The van der Waals surface area contributed by atoms with Crippen LogP contribution >= 0.6 is 0 Å². The van der Waals surface area contributed by atoms with Gasteiger partial charge in [-0.2, -0.15) is 0 Å². The van der Waals surface area contributed by atoms with Crippen LogP contribution in [-0.4, -0.2) is 17.5 Å². The molecule has 5 nitrogen and oxygen atoms in total. The smallest absolute Gasteiger partial charge is 0.411 e. The van der Waals surface area contributed by atoms with E-state index in [1.54, 1.807) is 20.8 Å². The summed E-state index contributed by atoms with van der Waals surface area (Å²) in [7, 11) is 0. The number of carbonyl (C=O) groups is 1. The minimum atomic E-state index is -0.537. The van der Waals surface area contributed by atoms with Crippen molar-refractivity contribution in [3.8, 4) is 0 Å². The van der Waals surface area contributed by atoms with Gasteiger partial charge in [0.1, 0.15) is 5.60 Å². The van der Waals surface area contributed by atoms with Gasteiger partial charge in [0.25, 0.3) is 5.84 Å². The number of carbonyl (C=O) groups excluding carboxylic acids is 1. The number of ether oxygens (including phenoxy) is 1. The molecular formula is C8H16N3O2+. The first-order valence-corrected chi connectivity index (χ1v) is 3.85. The van der Waals surface area contributed by atoms with Crippen LogP contribution in [0.15, 0.2) is 12.3 Å². The summed E-state index contributed by atoms with van der Waals surface area (Å²) in [6, 6.07) is 0. The highest BCUT2D eigenvalue weighted by atomic mass is 16.6. The van der Waals surface area contributed by atoms with E-state index in [1.807, 2.05) is 0 Å². The molecule has 0 aromatic heterocycles. The van der Waals surface area contributed by atoms with Crippen molar-refractivity contribution in [2.75, 3.05) is 0 Å². The standard InChI is InChI=1S/C8H15N3O2/c1-8(2,3)13-7(12)11-5-4-6(9)10/h4-5H,1-3H3,(H3,9,10)(H,11,12)/p+1/b5-4-. The maximum Gasteiger partial charge on any atom is 0.411 e. The molecule has 0 unspecified atom stereocenters. The van der Waals surface area contributed by atoms with Gasteiger partial charge < -0.3 is 4.74 Å². The summed E-state index contributed by atoms with van der Waals surface area (Å²) in [5.74, 6) is 0.121. The lowest BCUT2D eigenvalue weighted by molar-refractivity contribution is -0.113. The molecule has 5 N–H and O–H groups in total. The van der Waals surface area contributed by atoms with E-state index in [-0.39, 0.29) is 5.84 Å². The second-order valence-electron chi connectivity index (χ2n) is 3.48. The first-order valence-electron chi connectivity index (χ1n) is 3.85. The molecule has 1 amide bonds. The predicted octanol–water partition coefficient (Wildman–Crippen LogP) is -0.859. The Morgan fingerprint density at radius 3 is 2.46 bits per heavy atom. The number of amidine groups is 1. The molecule has 0 aliphatic heterocycles. The van der Waals surface area contributed by atoms with Gasteiger partial charge in [-0.25, -0.2) is 4.79 Å². The average molecular weight is 186 g/mol. The van der Waals surface area contributed by atoms with E-state index in [0.717, 1.165) is 0 Å². The quantitative estimate of drug-likeness (QED) is 0.387. The van der Waals surface area contributed by atoms with Crippen molar-refractivity contribution in [1.82, 2.24) is 5.32 Å². The Morgan fingerprint density at radius 1 is 1.54 bits per heavy atom. The van der Waals surface area contributed by atoms with Crippen LogP contribution in [0.2, 0.25) is 0 Å². The monoisotopic (exact) mass is 186 g/mol. The summed E-state index contributed by atoms with van der Waals surface area (Å²) in [6.07, 6.45) is 2.15. The van der Waals surface area contributed by atoms with Gasteiger partial charge in [-0.15, -0.1) is 0 Å². The summed E-state index contributed by atoms with van der Waals surface area (Å²) in [5.41, 5.74) is 4.62. The van der Waals surface area contributed by atoms with Crippen molar-refractivity contribution in [3.05, 3.63) is 12.3 Å². The molecule has 0 aliphatic rings. The Hall–Kier alpha value is -1.52. The topological polar surface area (TPSA) is 89.9 Å². The summed E-state index contributed by atoms with van der Waals surface area (Å²) in [4.78, 5) is 11.0. The van der Waals surface area contributed by atoms with E-state index >= 15 is 0 Å². The highest BCUT2D eigenvalue weighted by molar-refractivity contribution is 5.86. The summed E-state index contributed by atoms with van der Waals surface area (Å²) in [5, 5.41) is 7.47. The zero-order valence-electron chi connectivity index (χ0n) is 8.13. The summed E-state index contributed by atoms with van der Waals surface area (Å²) in [6.45, 7) is 5.33. The molecule has 0 radical (unpaired) electrons. The van der Waals surface area contributed by atoms with Gasteiger partial charge in [0.15, 0.2) is 0 Å². The molecular weight excluding hydrogens is 170 g/mol. The van der Waals surface area contributed by atoms with Crippen LogP contribution in [0.4, 0.5) is 4.79 Å². The van der Waals surface area contributed by atoms with Gasteiger partial charge >= 0.3 is 6.09 Å². The molecule has 5 heteroatoms. The summed E-state index contributed by atoms with van der Waals surface area (Å²) >= 11 is 0. The first-order chi connectivity index (χ1) is 5.81. The van der Waals surface area contributed by atoms with Crippen molar-refractivity contribution >= 4 is 11.9 Å². The van der Waals surface area contributed by atoms with Gasteiger partial charge in [0, 0.05) is 12.3 Å². The molecule has 0 aliphatic carbocycles. The third-order valence-electron chi connectivity index (χ3n) is 0.876. The van der Waals surface area contributed by atoms with Gasteiger partial charge in [-0.3, -0.25) is 16.5 Å². The zero-order chi connectivity index (χ0) is 10.5. The Bertz CT molecular complexity index is 228. The number of hydrogen-bond acceptors (Lipinski definition) is 2. The first kappa shape index (κ1) is 11.5. The average Bonchev–Trinajstić information content (AvgIpc) is 1.81. The molecule has 74 valence electrons. The van der Waals surface area contributed by atoms with E-state index in [2.05, 4.69) is 5.32 Å². The molecule has 0 aromatic carbocycles. The van der Waals surface area contributed by atoms with E-state index < -0.39 is 11.7 Å². The largest absolute Gasteiger partial charge is 0.444 e. The van der Waals surface area contributed by atoms with Crippen LogP contribution in [0.5, 0.6) is 0 Å². The van der Waals surface area contributed by atoms with E-state index in [1.165, 1.54) is 12.3 Å². The van der Waals surface area contributed by atoms with Crippen molar-refractivity contribution in [2.24, 2.45) is 5.73 Å².